The van der Waals surface area contributed by atoms with E-state index in [9.17, 15) is 9.90 Å². The highest BCUT2D eigenvalue weighted by molar-refractivity contribution is 5.83. The molecule has 0 fully saturated rings. The molecule has 0 heterocycles. The molecular weight excluding hydrogens is 192 g/mol. The van der Waals surface area contributed by atoms with Crippen molar-refractivity contribution in [2.24, 2.45) is 0 Å². The van der Waals surface area contributed by atoms with Crippen LogP contribution in [-0.2, 0) is 4.79 Å². The average Bonchev–Trinajstić information content (AvgIpc) is 2.23. The maximum atomic E-state index is 10.9. The van der Waals surface area contributed by atoms with Gasteiger partial charge in [-0.2, -0.15) is 0 Å². The topological polar surface area (TPSA) is 118 Å². The van der Waals surface area contributed by atoms with Crippen molar-refractivity contribution in [1.82, 2.24) is 0 Å². The van der Waals surface area contributed by atoms with Gasteiger partial charge in [-0.05, 0) is 0 Å². The second-order valence-corrected chi connectivity index (χ2v) is 3.00. The first-order chi connectivity index (χ1) is 6.45. The Labute approximate surface area is 81.4 Å². The molecule has 0 aliphatic rings. The van der Waals surface area contributed by atoms with Crippen molar-refractivity contribution in [2.45, 2.75) is 37.8 Å². The first-order valence-electron chi connectivity index (χ1n) is 4.31. The zero-order chi connectivity index (χ0) is 11.3. The maximum absolute atomic E-state index is 10.9. The Balaban J connectivity index is 4.30. The van der Waals surface area contributed by atoms with Gasteiger partial charge >= 0.3 is 0 Å². The number of rotatable bonds is 6. The molecule has 0 saturated carbocycles. The predicted molar refractivity (Wildman–Crippen MR) is 46.4 cm³/mol. The molecule has 0 spiro atoms. The molecule has 0 aliphatic heterocycles. The van der Waals surface area contributed by atoms with Crippen molar-refractivity contribution in [2.75, 3.05) is 6.61 Å². The minimum Gasteiger partial charge on any atom is -0.394 e. The number of hydrogen-bond acceptors (Lipinski definition) is 6. The van der Waals surface area contributed by atoms with E-state index in [1.165, 1.54) is 6.92 Å². The van der Waals surface area contributed by atoms with Crippen LogP contribution in [0.15, 0.2) is 0 Å². The minimum atomic E-state index is -1.79. The summed E-state index contributed by atoms with van der Waals surface area (Å²) in [5, 5.41) is 44.8. The van der Waals surface area contributed by atoms with Crippen LogP contribution in [0.4, 0.5) is 0 Å². The summed E-state index contributed by atoms with van der Waals surface area (Å²) in [4.78, 5) is 10.9. The molecule has 14 heavy (non-hydrogen) atoms. The van der Waals surface area contributed by atoms with Crippen LogP contribution in [0.2, 0.25) is 0 Å². The molecule has 0 aromatic rings. The molecule has 0 radical (unpaired) electrons. The summed E-state index contributed by atoms with van der Waals surface area (Å²) in [6.07, 6.45) is -6.84. The Morgan fingerprint density at radius 2 is 1.64 bits per heavy atom. The van der Waals surface area contributed by atoms with Crippen LogP contribution in [0.1, 0.15) is 13.3 Å². The van der Waals surface area contributed by atoms with E-state index in [1.807, 2.05) is 0 Å². The second-order valence-electron chi connectivity index (χ2n) is 3.00. The molecule has 0 aromatic carbocycles. The van der Waals surface area contributed by atoms with Crippen LogP contribution in [0, 0.1) is 0 Å². The lowest BCUT2D eigenvalue weighted by Crippen LogP contribution is -2.48. The molecule has 4 atom stereocenters. The third-order valence-corrected chi connectivity index (χ3v) is 1.93. The summed E-state index contributed by atoms with van der Waals surface area (Å²) >= 11 is 0. The van der Waals surface area contributed by atoms with Crippen LogP contribution in [0.25, 0.3) is 0 Å². The molecule has 5 N–H and O–H groups in total. The van der Waals surface area contributed by atoms with Crippen LogP contribution in [0.3, 0.4) is 0 Å². The average molecular weight is 208 g/mol. The van der Waals surface area contributed by atoms with Gasteiger partial charge in [0, 0.05) is 6.42 Å². The first-order valence-corrected chi connectivity index (χ1v) is 4.31. The van der Waals surface area contributed by atoms with Gasteiger partial charge < -0.3 is 25.5 Å². The van der Waals surface area contributed by atoms with E-state index in [-0.39, 0.29) is 6.42 Å². The Hall–Kier alpha value is -0.530. The predicted octanol–water partition coefficient (Wildman–Crippen LogP) is -2.60. The van der Waals surface area contributed by atoms with E-state index in [2.05, 4.69) is 0 Å². The third kappa shape index (κ3) is 3.32. The molecule has 0 bridgehead atoms. The number of aliphatic hydroxyl groups is 5. The van der Waals surface area contributed by atoms with Crippen LogP contribution >= 0.6 is 0 Å². The number of carbonyl (C=O) groups is 1. The Bertz CT molecular complexity index is 183. The van der Waals surface area contributed by atoms with Gasteiger partial charge in [0.25, 0.3) is 0 Å². The molecule has 6 heteroatoms. The van der Waals surface area contributed by atoms with Gasteiger partial charge in [-0.15, -0.1) is 0 Å². The molecule has 0 amide bonds. The van der Waals surface area contributed by atoms with E-state index in [0.29, 0.717) is 0 Å². The first kappa shape index (κ1) is 13.5. The molecule has 0 aromatic heterocycles. The van der Waals surface area contributed by atoms with Crippen molar-refractivity contribution >= 4 is 5.78 Å². The fourth-order valence-corrected chi connectivity index (χ4v) is 0.922. The normalized spacial score (nSPS) is 19.9. The zero-order valence-corrected chi connectivity index (χ0v) is 7.87. The van der Waals surface area contributed by atoms with E-state index < -0.39 is 36.8 Å². The highest BCUT2D eigenvalue weighted by Crippen LogP contribution is 2.07. The summed E-state index contributed by atoms with van der Waals surface area (Å²) in [6, 6.07) is 0. The van der Waals surface area contributed by atoms with Crippen LogP contribution in [-0.4, -0.2) is 62.3 Å². The zero-order valence-electron chi connectivity index (χ0n) is 7.87. The fourth-order valence-electron chi connectivity index (χ4n) is 0.922. The monoisotopic (exact) mass is 208 g/mol. The Morgan fingerprint density at radius 1 is 1.14 bits per heavy atom. The number of hydrogen-bond donors (Lipinski definition) is 5. The van der Waals surface area contributed by atoms with Crippen molar-refractivity contribution in [3.05, 3.63) is 0 Å². The van der Waals surface area contributed by atoms with E-state index in [4.69, 9.17) is 20.4 Å². The molecule has 84 valence electrons. The van der Waals surface area contributed by atoms with Gasteiger partial charge in [0.1, 0.15) is 24.4 Å². The number of ketones is 1. The standard InChI is InChI=1S/C8H16O6/c1-2-4(10)6(12)8(14)7(13)5(11)3-9/h5-9,11-14H,2-3H2,1H3/t5-,6-,7-,8+/m1/s1. The third-order valence-electron chi connectivity index (χ3n) is 1.93. The van der Waals surface area contributed by atoms with Gasteiger partial charge in [0.2, 0.25) is 0 Å². The smallest absolute Gasteiger partial charge is 0.163 e. The van der Waals surface area contributed by atoms with Gasteiger partial charge in [-0.25, -0.2) is 0 Å². The lowest BCUT2D eigenvalue weighted by molar-refractivity contribution is -0.146. The van der Waals surface area contributed by atoms with Gasteiger partial charge in [0.05, 0.1) is 6.61 Å². The van der Waals surface area contributed by atoms with E-state index >= 15 is 0 Å². The second kappa shape index (κ2) is 6.05. The number of carbonyl (C=O) groups excluding carboxylic acids is 1. The summed E-state index contributed by atoms with van der Waals surface area (Å²) in [5.74, 6) is -0.637. The lowest BCUT2D eigenvalue weighted by Gasteiger charge is -2.24. The fraction of sp³-hybridized carbons (Fsp3) is 0.875. The van der Waals surface area contributed by atoms with Gasteiger partial charge in [-0.3, -0.25) is 4.79 Å². The summed E-state index contributed by atoms with van der Waals surface area (Å²) in [6.45, 7) is 0.735. The van der Waals surface area contributed by atoms with E-state index in [0.717, 1.165) is 0 Å². The maximum Gasteiger partial charge on any atom is 0.163 e. The molecule has 0 aliphatic carbocycles. The van der Waals surface area contributed by atoms with E-state index in [1.54, 1.807) is 0 Å². The molecule has 0 rings (SSSR count). The summed E-state index contributed by atoms with van der Waals surface area (Å²) in [5.41, 5.74) is 0. The molecule has 0 saturated heterocycles. The van der Waals surface area contributed by atoms with Crippen molar-refractivity contribution in [3.63, 3.8) is 0 Å². The molecule has 6 nitrogen and oxygen atoms in total. The van der Waals surface area contributed by atoms with Crippen LogP contribution < -0.4 is 0 Å². The molecule has 0 unspecified atom stereocenters. The van der Waals surface area contributed by atoms with Crippen LogP contribution in [0.5, 0.6) is 0 Å². The SMILES string of the molecule is CCC(=O)[C@@H](O)[C@H](O)[C@H](O)[C@H](O)CO. The largest absolute Gasteiger partial charge is 0.394 e. The Morgan fingerprint density at radius 3 is 2.00 bits per heavy atom. The minimum absolute atomic E-state index is 0.0141. The number of aliphatic hydroxyl groups excluding tert-OH is 5. The quantitative estimate of drug-likeness (QED) is 0.327. The van der Waals surface area contributed by atoms with Crippen molar-refractivity contribution < 1.29 is 30.3 Å². The van der Waals surface area contributed by atoms with Gasteiger partial charge in [-0.1, -0.05) is 6.92 Å². The lowest BCUT2D eigenvalue weighted by atomic mass is 9.99. The number of Topliss-reactive ketones (excluding diaryl/α,β-unsaturated/α-hetero) is 1. The van der Waals surface area contributed by atoms with Crippen molar-refractivity contribution in [1.29, 1.82) is 0 Å². The molecular formula is C8H16O6. The highest BCUT2D eigenvalue weighted by atomic mass is 16.4. The Kier molecular flexibility index (Phi) is 5.82. The summed E-state index contributed by atoms with van der Waals surface area (Å²) < 4.78 is 0. The van der Waals surface area contributed by atoms with Crippen molar-refractivity contribution in [3.8, 4) is 0 Å². The highest BCUT2D eigenvalue weighted by Gasteiger charge is 2.32. The summed E-state index contributed by atoms with van der Waals surface area (Å²) in [7, 11) is 0. The van der Waals surface area contributed by atoms with Gasteiger partial charge in [0.15, 0.2) is 5.78 Å².